The van der Waals surface area contributed by atoms with E-state index in [0.29, 0.717) is 11.3 Å². The van der Waals surface area contributed by atoms with E-state index in [4.69, 9.17) is 10.5 Å². The highest BCUT2D eigenvalue weighted by Crippen LogP contribution is 2.35. The van der Waals surface area contributed by atoms with Crippen molar-refractivity contribution in [3.8, 4) is 12.1 Å². The topological polar surface area (TPSA) is 122 Å². The van der Waals surface area contributed by atoms with Gasteiger partial charge < -0.3 is 4.98 Å². The molecule has 7 nitrogen and oxygen atoms in total. The molecule has 0 radical (unpaired) electrons. The molecule has 3 aromatic rings. The van der Waals surface area contributed by atoms with Crippen LogP contribution in [0.15, 0.2) is 28.7 Å². The van der Waals surface area contributed by atoms with Crippen LogP contribution in [0.3, 0.4) is 0 Å². The monoisotopic (exact) mass is 409 g/mol. The van der Waals surface area contributed by atoms with Gasteiger partial charge in [0.1, 0.15) is 12.1 Å². The first-order valence-electron chi connectivity index (χ1n) is 7.58. The Labute approximate surface area is 157 Å². The number of hydrogen-bond donors (Lipinski definition) is 2. The minimum atomic E-state index is -4.06. The molecule has 0 fully saturated rings. The molecule has 2 heterocycles. The van der Waals surface area contributed by atoms with Gasteiger partial charge in [0.15, 0.2) is 9.22 Å². The average Bonchev–Trinajstić information content (AvgIpc) is 3.30. The lowest BCUT2D eigenvalue weighted by atomic mass is 10.1. The first-order valence-corrected chi connectivity index (χ1v) is 9.88. The third kappa shape index (κ3) is 3.89. The van der Waals surface area contributed by atoms with Crippen molar-refractivity contribution < 1.29 is 17.2 Å². The minimum Gasteiger partial charge on any atom is -0.358 e. The van der Waals surface area contributed by atoms with Crippen LogP contribution in [-0.4, -0.2) is 18.4 Å². The van der Waals surface area contributed by atoms with Gasteiger partial charge in [0.25, 0.3) is 16.4 Å². The highest BCUT2D eigenvalue weighted by molar-refractivity contribution is 7.94. The molecule has 27 heavy (non-hydrogen) atoms. The molecule has 0 aliphatic carbocycles. The molecule has 11 heteroatoms. The van der Waals surface area contributed by atoms with Crippen LogP contribution in [0, 0.1) is 22.7 Å². The maximum Gasteiger partial charge on any atom is 0.273 e. The molecule has 140 valence electrons. The maximum absolute atomic E-state index is 13.2. The minimum absolute atomic E-state index is 0.00723. The molecule has 0 unspecified atom stereocenters. The largest absolute Gasteiger partial charge is 0.358 e. The van der Waals surface area contributed by atoms with E-state index < -0.39 is 16.4 Å². The van der Waals surface area contributed by atoms with E-state index in [1.54, 1.807) is 12.1 Å². The molecule has 0 aliphatic rings. The van der Waals surface area contributed by atoms with Gasteiger partial charge in [0.2, 0.25) is 0 Å². The summed E-state index contributed by atoms with van der Waals surface area (Å²) in [7, 11) is -4.06. The van der Waals surface area contributed by atoms with Gasteiger partial charge in [-0.1, -0.05) is 31.3 Å². The molecule has 0 saturated heterocycles. The normalized spacial score (nSPS) is 10.8. The Morgan fingerprint density at radius 3 is 2.52 bits per heavy atom. The summed E-state index contributed by atoms with van der Waals surface area (Å²) in [6.07, 6.45) is -0.559. The van der Waals surface area contributed by atoms with Gasteiger partial charge in [-0.15, -0.1) is 0 Å². The maximum atomic E-state index is 13.2. The smallest absolute Gasteiger partial charge is 0.273 e. The quantitative estimate of drug-likeness (QED) is 0.671. The molecule has 0 spiro atoms. The fourth-order valence-corrected chi connectivity index (χ4v) is 4.26. The summed E-state index contributed by atoms with van der Waals surface area (Å²) in [6.45, 7) is 4.00. The van der Waals surface area contributed by atoms with Crippen molar-refractivity contribution in [2.75, 3.05) is 4.72 Å². The number of nitriles is 2. The summed E-state index contributed by atoms with van der Waals surface area (Å²) in [5, 5.41) is 17.7. The predicted molar refractivity (Wildman–Crippen MR) is 97.0 cm³/mol. The van der Waals surface area contributed by atoms with Crippen LogP contribution in [0.2, 0.25) is 0 Å². The van der Waals surface area contributed by atoms with Crippen molar-refractivity contribution in [2.24, 2.45) is 0 Å². The van der Waals surface area contributed by atoms with E-state index in [2.05, 4.69) is 14.7 Å². The number of H-pyrrole nitrogens is 1. The van der Waals surface area contributed by atoms with E-state index in [0.717, 1.165) is 12.3 Å². The van der Waals surface area contributed by atoms with Crippen LogP contribution >= 0.6 is 11.3 Å². The van der Waals surface area contributed by atoms with E-state index in [1.165, 1.54) is 12.3 Å². The summed E-state index contributed by atoms with van der Waals surface area (Å²) < 4.78 is 53.2. The van der Waals surface area contributed by atoms with Crippen molar-refractivity contribution in [1.82, 2.24) is 9.97 Å². The number of anilines is 1. The summed E-state index contributed by atoms with van der Waals surface area (Å²) in [6, 6.07) is 5.77. The van der Waals surface area contributed by atoms with Crippen molar-refractivity contribution in [2.45, 2.75) is 24.5 Å². The Hall–Kier alpha value is -3.02. The number of sulfonamides is 1. The third-order valence-electron chi connectivity index (χ3n) is 3.31. The van der Waals surface area contributed by atoms with Gasteiger partial charge in [0.05, 0.1) is 23.0 Å². The van der Waals surface area contributed by atoms with Gasteiger partial charge in [-0.25, -0.2) is 22.2 Å². The van der Waals surface area contributed by atoms with Crippen LogP contribution in [0.5, 0.6) is 0 Å². The number of alkyl halides is 2. The zero-order valence-corrected chi connectivity index (χ0v) is 15.8. The van der Waals surface area contributed by atoms with Crippen LogP contribution < -0.4 is 4.72 Å². The van der Waals surface area contributed by atoms with E-state index in [-0.39, 0.29) is 36.9 Å². The second kappa shape index (κ2) is 8.12. The number of aromatic amines is 1. The van der Waals surface area contributed by atoms with Crippen LogP contribution in [0.25, 0.3) is 10.9 Å². The number of thiazole rings is 1. The van der Waals surface area contributed by atoms with Gasteiger partial charge >= 0.3 is 0 Å². The van der Waals surface area contributed by atoms with Crippen molar-refractivity contribution in [3.63, 3.8) is 0 Å². The van der Waals surface area contributed by atoms with Crippen molar-refractivity contribution >= 4 is 38.0 Å². The number of halogens is 2. The van der Waals surface area contributed by atoms with Crippen molar-refractivity contribution in [1.29, 1.82) is 10.5 Å². The fraction of sp³-hybridized carbons (Fsp3) is 0.188. The lowest BCUT2D eigenvalue weighted by Gasteiger charge is -2.10. The number of fused-ring (bicyclic) bond motifs is 1. The van der Waals surface area contributed by atoms with E-state index in [9.17, 15) is 17.2 Å². The van der Waals surface area contributed by atoms with Gasteiger partial charge in [0, 0.05) is 17.1 Å². The molecule has 2 N–H and O–H groups in total. The Bertz CT molecular complexity index is 1150. The Balaban J connectivity index is 0.00000126. The SMILES string of the molecule is CC.N#Cc1ncc(S(=O)(=O)Nc2ccc(C(F)F)c3c(C#N)c[nH]c23)s1. The molecule has 0 atom stereocenters. The zero-order chi connectivity index (χ0) is 20.2. The molecule has 0 aliphatic heterocycles. The van der Waals surface area contributed by atoms with Gasteiger partial charge in [-0.05, 0) is 6.07 Å². The number of benzene rings is 1. The predicted octanol–water partition coefficient (Wildman–Crippen LogP) is 4.13. The zero-order valence-electron chi connectivity index (χ0n) is 14.1. The average molecular weight is 409 g/mol. The Morgan fingerprint density at radius 2 is 1.96 bits per heavy atom. The molecule has 1 aromatic carbocycles. The molecule has 3 rings (SSSR count). The van der Waals surface area contributed by atoms with Crippen LogP contribution in [0.4, 0.5) is 14.5 Å². The van der Waals surface area contributed by atoms with E-state index >= 15 is 0 Å². The summed E-state index contributed by atoms with van der Waals surface area (Å²) in [5.74, 6) is 0. The van der Waals surface area contributed by atoms with Gasteiger partial charge in [-0.3, -0.25) is 4.72 Å². The lowest BCUT2D eigenvalue weighted by Crippen LogP contribution is -2.12. The number of nitrogens with one attached hydrogen (secondary N) is 2. The third-order valence-corrected chi connectivity index (χ3v) is 6.04. The van der Waals surface area contributed by atoms with Crippen LogP contribution in [-0.2, 0) is 10.0 Å². The summed E-state index contributed by atoms with van der Waals surface area (Å²) >= 11 is 0.677. The Morgan fingerprint density at radius 1 is 1.26 bits per heavy atom. The standard InChI is InChI=1S/C14H7F2N5O2S2.C2H6/c15-14(16)8-1-2-9(13-12(8)7(3-17)5-20-13)21-25(22,23)11-6-19-10(4-18)24-11;1-2/h1-2,5-6,14,20-21H;1-2H3. The lowest BCUT2D eigenvalue weighted by molar-refractivity contribution is 0.153. The second-order valence-electron chi connectivity index (χ2n) is 4.77. The highest BCUT2D eigenvalue weighted by Gasteiger charge is 2.23. The highest BCUT2D eigenvalue weighted by atomic mass is 32.2. The molecular formula is C16H13F2N5O2S2. The number of rotatable bonds is 4. The van der Waals surface area contributed by atoms with E-state index in [1.807, 2.05) is 13.8 Å². The first kappa shape index (κ1) is 20.3. The molecular weight excluding hydrogens is 396 g/mol. The molecule has 0 bridgehead atoms. The molecule has 0 amide bonds. The number of nitrogens with zero attached hydrogens (tertiary/aromatic N) is 3. The Kier molecular flexibility index (Phi) is 6.10. The second-order valence-corrected chi connectivity index (χ2v) is 7.71. The van der Waals surface area contributed by atoms with Gasteiger partial charge in [-0.2, -0.15) is 10.5 Å². The van der Waals surface area contributed by atoms with Crippen molar-refractivity contribution in [3.05, 3.63) is 40.7 Å². The summed E-state index contributed by atoms with van der Waals surface area (Å²) in [4.78, 5) is 6.29. The summed E-state index contributed by atoms with van der Waals surface area (Å²) in [5.41, 5.74) is -0.313. The van der Waals surface area contributed by atoms with Crippen LogP contribution in [0.1, 0.15) is 36.4 Å². The first-order chi connectivity index (χ1) is 12.9. The number of aromatic nitrogens is 2. The number of hydrogen-bond acceptors (Lipinski definition) is 6. The molecule has 0 saturated carbocycles. The molecule has 2 aromatic heterocycles. The fourth-order valence-electron chi connectivity index (χ4n) is 2.26.